The standard InChI is InChI=1S/C12H12N2O3/c1-6(2)7-3-4-9-8(5-7)11(15)14-10(13-9)12(16)17/h3-6H,1-2H3,(H,16,17)(H,13,14,15). The quantitative estimate of drug-likeness (QED) is 0.826. The minimum atomic E-state index is -1.24. The summed E-state index contributed by atoms with van der Waals surface area (Å²) in [6.07, 6.45) is 0. The van der Waals surface area contributed by atoms with Gasteiger partial charge in [0.1, 0.15) is 0 Å². The fourth-order valence-corrected chi connectivity index (χ4v) is 1.62. The van der Waals surface area contributed by atoms with Crippen molar-refractivity contribution in [3.05, 3.63) is 39.9 Å². The van der Waals surface area contributed by atoms with Crippen LogP contribution in [0.15, 0.2) is 23.0 Å². The summed E-state index contributed by atoms with van der Waals surface area (Å²) >= 11 is 0. The molecule has 2 aromatic rings. The molecule has 0 spiro atoms. The highest BCUT2D eigenvalue weighted by Gasteiger charge is 2.10. The summed E-state index contributed by atoms with van der Waals surface area (Å²) in [6, 6.07) is 5.27. The van der Waals surface area contributed by atoms with Crippen molar-refractivity contribution in [2.45, 2.75) is 19.8 Å². The number of carboxylic acids is 1. The van der Waals surface area contributed by atoms with Crippen LogP contribution >= 0.6 is 0 Å². The molecule has 0 saturated heterocycles. The van der Waals surface area contributed by atoms with Crippen LogP contribution in [-0.2, 0) is 0 Å². The number of aromatic amines is 1. The minimum Gasteiger partial charge on any atom is -0.475 e. The predicted molar refractivity (Wildman–Crippen MR) is 63.4 cm³/mol. The molecule has 0 bridgehead atoms. The molecule has 0 fully saturated rings. The first-order chi connectivity index (χ1) is 7.99. The van der Waals surface area contributed by atoms with E-state index in [-0.39, 0.29) is 5.82 Å². The maximum Gasteiger partial charge on any atom is 0.372 e. The van der Waals surface area contributed by atoms with Crippen molar-refractivity contribution in [3.8, 4) is 0 Å². The fraction of sp³-hybridized carbons (Fsp3) is 0.250. The maximum absolute atomic E-state index is 11.7. The summed E-state index contributed by atoms with van der Waals surface area (Å²) in [6.45, 7) is 4.04. The molecular formula is C12H12N2O3. The highest BCUT2D eigenvalue weighted by molar-refractivity contribution is 5.87. The molecule has 0 aliphatic rings. The first-order valence-electron chi connectivity index (χ1n) is 5.26. The van der Waals surface area contributed by atoms with E-state index in [0.717, 1.165) is 5.56 Å². The average molecular weight is 232 g/mol. The number of aromatic carboxylic acids is 1. The first kappa shape index (κ1) is 11.3. The van der Waals surface area contributed by atoms with Gasteiger partial charge in [0.2, 0.25) is 5.82 Å². The van der Waals surface area contributed by atoms with Crippen LogP contribution in [0.2, 0.25) is 0 Å². The molecule has 1 aromatic heterocycles. The summed E-state index contributed by atoms with van der Waals surface area (Å²) in [7, 11) is 0. The van der Waals surface area contributed by atoms with Gasteiger partial charge in [-0.1, -0.05) is 19.9 Å². The normalized spacial score (nSPS) is 11.0. The topological polar surface area (TPSA) is 83.0 Å². The Morgan fingerprint density at radius 2 is 2.12 bits per heavy atom. The number of fused-ring (bicyclic) bond motifs is 1. The molecule has 5 heteroatoms. The van der Waals surface area contributed by atoms with E-state index in [4.69, 9.17) is 5.11 Å². The van der Waals surface area contributed by atoms with Crippen LogP contribution in [0.5, 0.6) is 0 Å². The minimum absolute atomic E-state index is 0.304. The van der Waals surface area contributed by atoms with Crippen molar-refractivity contribution in [1.82, 2.24) is 9.97 Å². The molecular weight excluding hydrogens is 220 g/mol. The van der Waals surface area contributed by atoms with E-state index >= 15 is 0 Å². The van der Waals surface area contributed by atoms with Crippen LogP contribution in [0, 0.1) is 0 Å². The van der Waals surface area contributed by atoms with Crippen LogP contribution in [-0.4, -0.2) is 21.0 Å². The summed E-state index contributed by atoms with van der Waals surface area (Å²) < 4.78 is 0. The number of hydrogen-bond acceptors (Lipinski definition) is 3. The van der Waals surface area contributed by atoms with Gasteiger partial charge in [-0.2, -0.15) is 0 Å². The summed E-state index contributed by atoms with van der Waals surface area (Å²) in [4.78, 5) is 28.6. The van der Waals surface area contributed by atoms with Crippen molar-refractivity contribution in [1.29, 1.82) is 0 Å². The number of H-pyrrole nitrogens is 1. The van der Waals surface area contributed by atoms with Crippen LogP contribution < -0.4 is 5.56 Å². The monoisotopic (exact) mass is 232 g/mol. The van der Waals surface area contributed by atoms with Crippen molar-refractivity contribution in [2.75, 3.05) is 0 Å². The molecule has 1 heterocycles. The highest BCUT2D eigenvalue weighted by Crippen LogP contribution is 2.17. The third-order valence-corrected chi connectivity index (χ3v) is 2.60. The third-order valence-electron chi connectivity index (χ3n) is 2.60. The number of nitrogens with zero attached hydrogens (tertiary/aromatic N) is 1. The van der Waals surface area contributed by atoms with E-state index in [1.54, 1.807) is 12.1 Å². The predicted octanol–water partition coefficient (Wildman–Crippen LogP) is 1.74. The van der Waals surface area contributed by atoms with Gasteiger partial charge in [-0.05, 0) is 23.6 Å². The van der Waals surface area contributed by atoms with E-state index in [2.05, 4.69) is 9.97 Å². The summed E-state index contributed by atoms with van der Waals surface area (Å²) in [5, 5.41) is 9.20. The number of rotatable bonds is 2. The Bertz CT molecular complexity index is 644. The van der Waals surface area contributed by atoms with Crippen molar-refractivity contribution >= 4 is 16.9 Å². The van der Waals surface area contributed by atoms with Gasteiger partial charge < -0.3 is 10.1 Å². The van der Waals surface area contributed by atoms with E-state index in [1.165, 1.54) is 0 Å². The first-order valence-corrected chi connectivity index (χ1v) is 5.26. The molecule has 5 nitrogen and oxygen atoms in total. The molecule has 17 heavy (non-hydrogen) atoms. The van der Waals surface area contributed by atoms with Crippen molar-refractivity contribution < 1.29 is 9.90 Å². The number of nitrogens with one attached hydrogen (secondary N) is 1. The van der Waals surface area contributed by atoms with Gasteiger partial charge in [-0.3, -0.25) is 4.79 Å². The number of benzene rings is 1. The molecule has 0 aliphatic heterocycles. The zero-order chi connectivity index (χ0) is 12.6. The number of hydrogen-bond donors (Lipinski definition) is 2. The maximum atomic E-state index is 11.7. The van der Waals surface area contributed by atoms with Gasteiger partial charge >= 0.3 is 5.97 Å². The van der Waals surface area contributed by atoms with Crippen molar-refractivity contribution in [3.63, 3.8) is 0 Å². The lowest BCUT2D eigenvalue weighted by Gasteiger charge is -2.06. The number of carbonyl (C=O) groups is 1. The lowest BCUT2D eigenvalue weighted by molar-refractivity contribution is 0.0683. The van der Waals surface area contributed by atoms with E-state index in [0.29, 0.717) is 16.8 Å². The Balaban J connectivity index is 2.73. The Labute approximate surface area is 97.1 Å². The third kappa shape index (κ3) is 2.04. The molecule has 0 atom stereocenters. The van der Waals surface area contributed by atoms with Gasteiger partial charge in [-0.25, -0.2) is 9.78 Å². The average Bonchev–Trinajstić information content (AvgIpc) is 2.28. The van der Waals surface area contributed by atoms with Crippen LogP contribution in [0.1, 0.15) is 35.9 Å². The molecule has 0 unspecified atom stereocenters. The molecule has 0 radical (unpaired) electrons. The SMILES string of the molecule is CC(C)c1ccc2nc(C(=O)O)[nH]c(=O)c2c1. The van der Waals surface area contributed by atoms with Gasteiger partial charge in [0.15, 0.2) is 0 Å². The van der Waals surface area contributed by atoms with E-state index in [1.807, 2.05) is 19.9 Å². The van der Waals surface area contributed by atoms with Crippen LogP contribution in [0.25, 0.3) is 10.9 Å². The van der Waals surface area contributed by atoms with Gasteiger partial charge in [-0.15, -0.1) is 0 Å². The smallest absolute Gasteiger partial charge is 0.372 e. The van der Waals surface area contributed by atoms with Gasteiger partial charge in [0.05, 0.1) is 10.9 Å². The lowest BCUT2D eigenvalue weighted by atomic mass is 10.0. The molecule has 88 valence electrons. The highest BCUT2D eigenvalue weighted by atomic mass is 16.4. The lowest BCUT2D eigenvalue weighted by Crippen LogP contribution is -2.15. The van der Waals surface area contributed by atoms with Crippen LogP contribution in [0.4, 0.5) is 0 Å². The second kappa shape index (κ2) is 4.01. The molecule has 0 amide bonds. The number of carboxylic acid groups (broad SMARTS) is 1. The molecule has 0 saturated carbocycles. The summed E-state index contributed by atoms with van der Waals surface area (Å²) in [5.74, 6) is -1.27. The zero-order valence-electron chi connectivity index (χ0n) is 9.52. The second-order valence-corrected chi connectivity index (χ2v) is 4.15. The molecule has 0 aliphatic carbocycles. The largest absolute Gasteiger partial charge is 0.475 e. The molecule has 2 N–H and O–H groups in total. The second-order valence-electron chi connectivity index (χ2n) is 4.15. The van der Waals surface area contributed by atoms with Gasteiger partial charge in [0.25, 0.3) is 5.56 Å². The Hall–Kier alpha value is -2.17. The van der Waals surface area contributed by atoms with Crippen molar-refractivity contribution in [2.24, 2.45) is 0 Å². The van der Waals surface area contributed by atoms with Gasteiger partial charge in [0, 0.05) is 0 Å². The van der Waals surface area contributed by atoms with Crippen LogP contribution in [0.3, 0.4) is 0 Å². The van der Waals surface area contributed by atoms with E-state index in [9.17, 15) is 9.59 Å². The summed E-state index contributed by atoms with van der Waals surface area (Å²) in [5.41, 5.74) is 0.998. The fourth-order valence-electron chi connectivity index (χ4n) is 1.62. The number of aromatic nitrogens is 2. The Morgan fingerprint density at radius 3 is 2.71 bits per heavy atom. The zero-order valence-corrected chi connectivity index (χ0v) is 9.52. The Kier molecular flexibility index (Phi) is 2.67. The Morgan fingerprint density at radius 1 is 1.41 bits per heavy atom. The molecule has 1 aromatic carbocycles. The van der Waals surface area contributed by atoms with E-state index < -0.39 is 11.5 Å². The molecule has 2 rings (SSSR count).